The molecule has 3 aromatic rings. The zero-order chi connectivity index (χ0) is 21.6. The lowest BCUT2D eigenvalue weighted by atomic mass is 10.2. The number of benzene rings is 1. The number of amides is 1. The van der Waals surface area contributed by atoms with Crippen LogP contribution in [0.4, 0.5) is 0 Å². The Morgan fingerprint density at radius 3 is 2.72 bits per heavy atom. The van der Waals surface area contributed by atoms with E-state index in [1.165, 1.54) is 0 Å². The van der Waals surface area contributed by atoms with Crippen LogP contribution < -0.4 is 5.32 Å². The number of piperazine rings is 1. The number of aromatic nitrogens is 3. The van der Waals surface area contributed by atoms with Crippen molar-refractivity contribution >= 4 is 53.1 Å². The molecule has 1 aliphatic rings. The van der Waals surface area contributed by atoms with E-state index in [1.807, 2.05) is 69.8 Å². The number of nitrogens with one attached hydrogen (secondary N) is 1. The number of guanidine groups is 1. The first-order valence-corrected chi connectivity index (χ1v) is 10.9. The van der Waals surface area contributed by atoms with E-state index in [9.17, 15) is 4.79 Å². The SMILES string of the molecule is CCNC(=NCCc1nnc2ccccn12)N1CCN(Cc2ccc(Cl)cc2)C(=O)C1.I. The Labute approximate surface area is 209 Å². The number of carbonyl (C=O) groups excluding carboxylic acids is 1. The van der Waals surface area contributed by atoms with E-state index in [-0.39, 0.29) is 29.9 Å². The minimum atomic E-state index is 0. The van der Waals surface area contributed by atoms with Crippen LogP contribution in [0.25, 0.3) is 5.65 Å². The second kappa shape index (κ2) is 11.5. The highest BCUT2D eigenvalue weighted by atomic mass is 127. The van der Waals surface area contributed by atoms with Gasteiger partial charge < -0.3 is 15.1 Å². The minimum Gasteiger partial charge on any atom is -0.357 e. The summed E-state index contributed by atoms with van der Waals surface area (Å²) in [5.74, 6) is 1.73. The molecule has 1 aromatic carbocycles. The standard InChI is InChI=1S/C22H26ClN7O.HI/c1-2-24-22(25-11-10-20-27-26-19-5-3-4-12-30(19)20)29-14-13-28(21(31)16-29)15-17-6-8-18(23)9-7-17;/h3-9,12H,2,10-11,13-16H2,1H3,(H,24,25);1H. The molecule has 1 aliphatic heterocycles. The lowest BCUT2D eigenvalue weighted by molar-refractivity contribution is -0.135. The molecule has 4 rings (SSSR count). The van der Waals surface area contributed by atoms with Crippen LogP contribution in [0.15, 0.2) is 53.7 Å². The first kappa shape index (κ1) is 24.2. The van der Waals surface area contributed by atoms with Crippen LogP contribution >= 0.6 is 35.6 Å². The molecule has 0 unspecified atom stereocenters. The maximum atomic E-state index is 12.7. The average Bonchev–Trinajstić information content (AvgIpc) is 3.19. The number of hydrogen-bond donors (Lipinski definition) is 1. The van der Waals surface area contributed by atoms with Crippen molar-refractivity contribution in [1.82, 2.24) is 29.7 Å². The normalized spacial score (nSPS) is 14.6. The molecule has 170 valence electrons. The first-order valence-electron chi connectivity index (χ1n) is 10.5. The number of aliphatic imine (C=N–C) groups is 1. The Bertz CT molecular complexity index is 1070. The van der Waals surface area contributed by atoms with Crippen LogP contribution in [0.1, 0.15) is 18.3 Å². The lowest BCUT2D eigenvalue weighted by Crippen LogP contribution is -2.55. The van der Waals surface area contributed by atoms with Gasteiger partial charge in [-0.05, 0) is 36.8 Å². The van der Waals surface area contributed by atoms with Crippen LogP contribution in [0.5, 0.6) is 0 Å². The Morgan fingerprint density at radius 1 is 1.16 bits per heavy atom. The highest BCUT2D eigenvalue weighted by Gasteiger charge is 2.26. The summed E-state index contributed by atoms with van der Waals surface area (Å²) in [6, 6.07) is 13.5. The summed E-state index contributed by atoms with van der Waals surface area (Å²) in [5, 5.41) is 12.4. The van der Waals surface area contributed by atoms with Crippen molar-refractivity contribution in [1.29, 1.82) is 0 Å². The van der Waals surface area contributed by atoms with Crippen LogP contribution in [0.3, 0.4) is 0 Å². The molecule has 0 atom stereocenters. The minimum absolute atomic E-state index is 0. The molecule has 0 radical (unpaired) electrons. The molecule has 1 fully saturated rings. The third-order valence-electron chi connectivity index (χ3n) is 5.22. The molecule has 1 saturated heterocycles. The quantitative estimate of drug-likeness (QED) is 0.282. The van der Waals surface area contributed by atoms with Crippen molar-refractivity contribution in [3.05, 3.63) is 65.1 Å². The molecule has 0 bridgehead atoms. The van der Waals surface area contributed by atoms with E-state index in [4.69, 9.17) is 16.6 Å². The van der Waals surface area contributed by atoms with Crippen molar-refractivity contribution in [2.75, 3.05) is 32.7 Å². The zero-order valence-electron chi connectivity index (χ0n) is 17.9. The van der Waals surface area contributed by atoms with Gasteiger partial charge in [-0.15, -0.1) is 34.2 Å². The van der Waals surface area contributed by atoms with E-state index in [1.54, 1.807) is 0 Å². The van der Waals surface area contributed by atoms with Gasteiger partial charge in [0.25, 0.3) is 0 Å². The van der Waals surface area contributed by atoms with Crippen LogP contribution in [0, 0.1) is 0 Å². The van der Waals surface area contributed by atoms with Crippen molar-refractivity contribution in [2.24, 2.45) is 4.99 Å². The molecule has 3 heterocycles. The van der Waals surface area contributed by atoms with Gasteiger partial charge in [-0.25, -0.2) is 0 Å². The molecule has 10 heteroatoms. The summed E-state index contributed by atoms with van der Waals surface area (Å²) in [5.41, 5.74) is 1.91. The number of hydrogen-bond acceptors (Lipinski definition) is 4. The summed E-state index contributed by atoms with van der Waals surface area (Å²) in [4.78, 5) is 21.4. The fourth-order valence-electron chi connectivity index (χ4n) is 3.62. The van der Waals surface area contributed by atoms with Gasteiger partial charge in [-0.2, -0.15) is 0 Å². The molecule has 1 amide bonds. The second-order valence-electron chi connectivity index (χ2n) is 7.39. The highest BCUT2D eigenvalue weighted by molar-refractivity contribution is 14.0. The van der Waals surface area contributed by atoms with Crippen molar-refractivity contribution < 1.29 is 4.79 Å². The van der Waals surface area contributed by atoms with E-state index in [2.05, 4.69) is 15.5 Å². The first-order chi connectivity index (χ1) is 15.1. The second-order valence-corrected chi connectivity index (χ2v) is 7.83. The van der Waals surface area contributed by atoms with Gasteiger partial charge in [0.2, 0.25) is 5.91 Å². The molecule has 1 N–H and O–H groups in total. The molecule has 0 saturated carbocycles. The monoisotopic (exact) mass is 567 g/mol. The fraction of sp³-hybridized carbons (Fsp3) is 0.364. The summed E-state index contributed by atoms with van der Waals surface area (Å²) >= 11 is 5.95. The molecular weight excluding hydrogens is 541 g/mol. The Kier molecular flexibility index (Phi) is 8.68. The fourth-order valence-corrected chi connectivity index (χ4v) is 3.74. The molecule has 8 nitrogen and oxygen atoms in total. The van der Waals surface area contributed by atoms with Gasteiger partial charge in [0.1, 0.15) is 5.82 Å². The maximum Gasteiger partial charge on any atom is 0.242 e. The lowest BCUT2D eigenvalue weighted by Gasteiger charge is -2.36. The Hall–Kier alpha value is -2.40. The van der Waals surface area contributed by atoms with Crippen molar-refractivity contribution in [3.63, 3.8) is 0 Å². The molecular formula is C22H27ClIN7O. The summed E-state index contributed by atoms with van der Waals surface area (Å²) in [7, 11) is 0. The van der Waals surface area contributed by atoms with Gasteiger partial charge in [-0.3, -0.25) is 14.2 Å². The molecule has 32 heavy (non-hydrogen) atoms. The Balaban J connectivity index is 0.00000289. The third kappa shape index (κ3) is 5.89. The van der Waals surface area contributed by atoms with E-state index >= 15 is 0 Å². The molecule has 0 spiro atoms. The largest absolute Gasteiger partial charge is 0.357 e. The van der Waals surface area contributed by atoms with Crippen LogP contribution in [-0.2, 0) is 17.8 Å². The van der Waals surface area contributed by atoms with E-state index < -0.39 is 0 Å². The van der Waals surface area contributed by atoms with Gasteiger partial charge in [0, 0.05) is 50.4 Å². The number of carbonyl (C=O) groups is 1. The average molecular weight is 568 g/mol. The van der Waals surface area contributed by atoms with E-state index in [0.29, 0.717) is 37.6 Å². The summed E-state index contributed by atoms with van der Waals surface area (Å²) in [6.45, 7) is 5.63. The third-order valence-corrected chi connectivity index (χ3v) is 5.47. The smallest absolute Gasteiger partial charge is 0.242 e. The van der Waals surface area contributed by atoms with E-state index in [0.717, 1.165) is 36.1 Å². The topological polar surface area (TPSA) is 78.1 Å². The number of nitrogens with zero attached hydrogens (tertiary/aromatic N) is 6. The molecule has 2 aromatic heterocycles. The molecule has 0 aliphatic carbocycles. The van der Waals surface area contributed by atoms with Gasteiger partial charge >= 0.3 is 0 Å². The number of rotatable bonds is 6. The number of fused-ring (bicyclic) bond motifs is 1. The summed E-state index contributed by atoms with van der Waals surface area (Å²) < 4.78 is 1.97. The van der Waals surface area contributed by atoms with Crippen LogP contribution in [0.2, 0.25) is 5.02 Å². The predicted molar refractivity (Wildman–Crippen MR) is 137 cm³/mol. The van der Waals surface area contributed by atoms with Crippen molar-refractivity contribution in [2.45, 2.75) is 19.9 Å². The number of pyridine rings is 1. The summed E-state index contributed by atoms with van der Waals surface area (Å²) in [6.07, 6.45) is 2.63. The maximum absolute atomic E-state index is 12.7. The van der Waals surface area contributed by atoms with Gasteiger partial charge in [-0.1, -0.05) is 29.8 Å². The van der Waals surface area contributed by atoms with Gasteiger partial charge in [0.15, 0.2) is 11.6 Å². The van der Waals surface area contributed by atoms with Crippen molar-refractivity contribution in [3.8, 4) is 0 Å². The highest BCUT2D eigenvalue weighted by Crippen LogP contribution is 2.14. The predicted octanol–water partition coefficient (Wildman–Crippen LogP) is 2.85. The zero-order valence-corrected chi connectivity index (χ0v) is 21.0. The number of halogens is 2. The van der Waals surface area contributed by atoms with Gasteiger partial charge in [0.05, 0.1) is 6.54 Å². The van der Waals surface area contributed by atoms with Crippen LogP contribution in [-0.4, -0.2) is 69.0 Å². The Morgan fingerprint density at radius 2 is 1.97 bits per heavy atom.